The van der Waals surface area contributed by atoms with Crippen LogP contribution in [0, 0.1) is 5.92 Å². The number of hydrogen-bond acceptors (Lipinski definition) is 6. The lowest BCUT2D eigenvalue weighted by Crippen LogP contribution is -2.29. The van der Waals surface area contributed by atoms with E-state index in [9.17, 15) is 9.59 Å². The van der Waals surface area contributed by atoms with Crippen LogP contribution in [0.25, 0.3) is 11.0 Å². The molecule has 4 heterocycles. The summed E-state index contributed by atoms with van der Waals surface area (Å²) in [7, 11) is 3.38. The van der Waals surface area contributed by atoms with Crippen LogP contribution in [0.3, 0.4) is 0 Å². The molecule has 0 aromatic carbocycles. The van der Waals surface area contributed by atoms with E-state index in [1.54, 1.807) is 33.8 Å². The highest BCUT2D eigenvalue weighted by atomic mass is 16.5. The van der Waals surface area contributed by atoms with Crippen molar-refractivity contribution in [1.29, 1.82) is 0 Å². The largest absolute Gasteiger partial charge is 0.478 e. The second-order valence-electron chi connectivity index (χ2n) is 8.44. The summed E-state index contributed by atoms with van der Waals surface area (Å²) in [5.74, 6) is 0.570. The average Bonchev–Trinajstić information content (AvgIpc) is 3.49. The van der Waals surface area contributed by atoms with Gasteiger partial charge >= 0.3 is 0 Å². The van der Waals surface area contributed by atoms with Crippen LogP contribution in [0.4, 0.5) is 11.4 Å². The van der Waals surface area contributed by atoms with Crippen molar-refractivity contribution in [2.45, 2.75) is 32.9 Å². The zero-order valence-corrected chi connectivity index (χ0v) is 18.9. The molecule has 1 aliphatic rings. The van der Waals surface area contributed by atoms with Gasteiger partial charge in [0.1, 0.15) is 16.7 Å². The minimum Gasteiger partial charge on any atom is -0.478 e. The second kappa shape index (κ2) is 8.52. The van der Waals surface area contributed by atoms with E-state index >= 15 is 0 Å². The summed E-state index contributed by atoms with van der Waals surface area (Å²) >= 11 is 0. The Morgan fingerprint density at radius 2 is 2.16 bits per heavy atom. The fraction of sp³-hybridized carbons (Fsp3) is 0.455. The number of nitrogens with zero attached hydrogens (tertiary/aromatic N) is 6. The summed E-state index contributed by atoms with van der Waals surface area (Å²) in [5.41, 5.74) is 2.43. The number of rotatable bonds is 7. The molecule has 1 unspecified atom stereocenters. The van der Waals surface area contributed by atoms with Gasteiger partial charge < -0.3 is 24.1 Å². The van der Waals surface area contributed by atoms with Crippen LogP contribution in [0.5, 0.6) is 5.88 Å². The smallest absolute Gasteiger partial charge is 0.276 e. The van der Waals surface area contributed by atoms with Gasteiger partial charge in [0.15, 0.2) is 0 Å². The number of methoxy groups -OCH3 is 1. The molecule has 1 amide bonds. The Bertz CT molecular complexity index is 1220. The van der Waals surface area contributed by atoms with Crippen molar-refractivity contribution in [3.05, 3.63) is 41.7 Å². The van der Waals surface area contributed by atoms with Crippen LogP contribution in [0.1, 0.15) is 26.3 Å². The minimum absolute atomic E-state index is 0.0702. The summed E-state index contributed by atoms with van der Waals surface area (Å²) in [5, 5.41) is 7.63. The Hall–Kier alpha value is -3.56. The molecule has 1 aliphatic heterocycles. The van der Waals surface area contributed by atoms with Gasteiger partial charge in [-0.1, -0.05) is 6.58 Å². The number of anilines is 2. The first-order valence-electron chi connectivity index (χ1n) is 10.7. The topological polar surface area (TPSA) is 99.2 Å². The van der Waals surface area contributed by atoms with Crippen molar-refractivity contribution in [1.82, 2.24) is 28.8 Å². The number of hydrogen-bond donors (Lipinski definition) is 1. The maximum atomic E-state index is 13.4. The van der Waals surface area contributed by atoms with Gasteiger partial charge in [-0.15, -0.1) is 5.10 Å². The van der Waals surface area contributed by atoms with Crippen molar-refractivity contribution >= 4 is 28.3 Å². The molecule has 0 saturated carbocycles. The SMILES string of the molecule is C=CC(=O)N1CCC(Cn2cc(Nc3cn(C)nc3OC)c3ncn(C(C)C)c3c2=O)C1. The van der Waals surface area contributed by atoms with E-state index in [1.165, 1.54) is 6.08 Å². The number of aromatic nitrogens is 5. The van der Waals surface area contributed by atoms with Crippen molar-refractivity contribution in [2.24, 2.45) is 13.0 Å². The lowest BCUT2D eigenvalue weighted by molar-refractivity contribution is -0.125. The average molecular weight is 440 g/mol. The molecule has 0 radical (unpaired) electrons. The van der Waals surface area contributed by atoms with Gasteiger partial charge in [-0.05, 0) is 32.3 Å². The standard InChI is InChI=1S/C22H29N7O3/c1-6-18(30)27-8-7-15(9-27)10-28-12-16(24-17-11-26(4)25-21(17)32-5)19-20(22(28)31)29(13-23-19)14(2)3/h6,11-15,24H,1,7-10H2,2-5H3. The third-order valence-corrected chi connectivity index (χ3v) is 5.84. The lowest BCUT2D eigenvalue weighted by Gasteiger charge is -2.17. The highest BCUT2D eigenvalue weighted by molar-refractivity contribution is 5.90. The molecule has 0 aliphatic carbocycles. The van der Waals surface area contributed by atoms with E-state index in [2.05, 4.69) is 22.0 Å². The van der Waals surface area contributed by atoms with Gasteiger partial charge in [0.2, 0.25) is 5.91 Å². The molecular formula is C22H29N7O3. The van der Waals surface area contributed by atoms with E-state index in [0.29, 0.717) is 47.9 Å². The highest BCUT2D eigenvalue weighted by Gasteiger charge is 2.26. The van der Waals surface area contributed by atoms with Crippen LogP contribution in [-0.2, 0) is 18.4 Å². The molecule has 170 valence electrons. The fourth-order valence-corrected chi connectivity index (χ4v) is 4.24. The van der Waals surface area contributed by atoms with Gasteiger partial charge in [0.05, 0.1) is 25.3 Å². The van der Waals surface area contributed by atoms with E-state index in [1.807, 2.05) is 31.7 Å². The van der Waals surface area contributed by atoms with E-state index in [0.717, 1.165) is 6.42 Å². The predicted octanol–water partition coefficient (Wildman–Crippen LogP) is 2.30. The second-order valence-corrected chi connectivity index (χ2v) is 8.44. The normalized spacial score (nSPS) is 16.2. The molecule has 3 aromatic heterocycles. The number of ether oxygens (including phenoxy) is 1. The van der Waals surface area contributed by atoms with Crippen molar-refractivity contribution < 1.29 is 9.53 Å². The number of pyridine rings is 1. The van der Waals surface area contributed by atoms with Gasteiger partial charge in [0.25, 0.3) is 11.4 Å². The van der Waals surface area contributed by atoms with Gasteiger partial charge in [-0.2, -0.15) is 0 Å². The predicted molar refractivity (Wildman–Crippen MR) is 122 cm³/mol. The molecule has 1 saturated heterocycles. The van der Waals surface area contributed by atoms with Gasteiger partial charge in [-0.25, -0.2) is 4.98 Å². The Morgan fingerprint density at radius 1 is 1.38 bits per heavy atom. The number of carbonyl (C=O) groups excluding carboxylic acids is 1. The first-order chi connectivity index (χ1) is 15.3. The Balaban J connectivity index is 1.75. The Kier molecular flexibility index (Phi) is 5.77. The minimum atomic E-state index is -0.0941. The molecule has 4 rings (SSSR count). The molecule has 3 aromatic rings. The zero-order chi connectivity index (χ0) is 23.0. The number of carbonyl (C=O) groups is 1. The molecule has 1 N–H and O–H groups in total. The van der Waals surface area contributed by atoms with E-state index in [-0.39, 0.29) is 23.4 Å². The monoisotopic (exact) mass is 439 g/mol. The molecule has 10 heteroatoms. The number of aryl methyl sites for hydroxylation is 1. The number of fused-ring (bicyclic) bond motifs is 1. The maximum absolute atomic E-state index is 13.4. The first-order valence-corrected chi connectivity index (χ1v) is 10.7. The maximum Gasteiger partial charge on any atom is 0.276 e. The number of nitrogens with one attached hydrogen (secondary N) is 1. The Labute approximate surface area is 186 Å². The Morgan fingerprint density at radius 3 is 2.84 bits per heavy atom. The van der Waals surface area contributed by atoms with Crippen molar-refractivity contribution in [3.63, 3.8) is 0 Å². The summed E-state index contributed by atoms with van der Waals surface area (Å²) < 4.78 is 10.6. The quantitative estimate of drug-likeness (QED) is 0.567. The number of amides is 1. The van der Waals surface area contributed by atoms with Crippen LogP contribution < -0.4 is 15.6 Å². The molecule has 1 atom stereocenters. The summed E-state index contributed by atoms with van der Waals surface area (Å²) in [6.07, 6.45) is 7.49. The van der Waals surface area contributed by atoms with Crippen LogP contribution >= 0.6 is 0 Å². The number of likely N-dealkylation sites (tertiary alicyclic amines) is 1. The fourth-order valence-electron chi connectivity index (χ4n) is 4.24. The zero-order valence-electron chi connectivity index (χ0n) is 18.9. The third-order valence-electron chi connectivity index (χ3n) is 5.84. The van der Waals surface area contributed by atoms with Crippen molar-refractivity contribution in [2.75, 3.05) is 25.5 Å². The summed E-state index contributed by atoms with van der Waals surface area (Å²) in [4.78, 5) is 31.7. The molecule has 32 heavy (non-hydrogen) atoms. The third kappa shape index (κ3) is 3.88. The summed E-state index contributed by atoms with van der Waals surface area (Å²) in [6, 6.07) is 0.0801. The van der Waals surface area contributed by atoms with Crippen molar-refractivity contribution in [3.8, 4) is 5.88 Å². The van der Waals surface area contributed by atoms with Crippen LogP contribution in [0.15, 0.2) is 36.2 Å². The molecule has 0 spiro atoms. The van der Waals surface area contributed by atoms with Gasteiger partial charge in [-0.3, -0.25) is 14.3 Å². The van der Waals surface area contributed by atoms with Crippen LogP contribution in [-0.4, -0.2) is 54.9 Å². The number of imidazole rings is 1. The van der Waals surface area contributed by atoms with E-state index < -0.39 is 0 Å². The molecular weight excluding hydrogens is 410 g/mol. The molecule has 1 fully saturated rings. The van der Waals surface area contributed by atoms with E-state index in [4.69, 9.17) is 4.74 Å². The lowest BCUT2D eigenvalue weighted by atomic mass is 10.1. The highest BCUT2D eigenvalue weighted by Crippen LogP contribution is 2.30. The van der Waals surface area contributed by atoms with Crippen LogP contribution in [0.2, 0.25) is 0 Å². The first kappa shape index (κ1) is 21.7. The van der Waals surface area contributed by atoms with Gasteiger partial charge in [0, 0.05) is 38.9 Å². The molecule has 10 nitrogen and oxygen atoms in total. The summed E-state index contributed by atoms with van der Waals surface area (Å²) in [6.45, 7) is 9.40. The molecule has 0 bridgehead atoms.